The molecule has 0 amide bonds. The molecule has 1 aromatic carbocycles. The third kappa shape index (κ3) is 3.53. The molecule has 0 saturated carbocycles. The zero-order valence-corrected chi connectivity index (χ0v) is 10.4. The maximum absolute atomic E-state index is 11.2. The number of hydrogen-bond acceptors (Lipinski definition) is 1. The fourth-order valence-corrected chi connectivity index (χ4v) is 1.95. The van der Waals surface area contributed by atoms with E-state index in [0.717, 1.165) is 12.0 Å². The van der Waals surface area contributed by atoms with Crippen LogP contribution in [0.5, 0.6) is 0 Å². The molecule has 88 valence electrons. The maximum atomic E-state index is 11.2. The van der Waals surface area contributed by atoms with Gasteiger partial charge in [0, 0.05) is 5.02 Å². The van der Waals surface area contributed by atoms with E-state index < -0.39 is 5.97 Å². The summed E-state index contributed by atoms with van der Waals surface area (Å²) < 4.78 is 0. The molecule has 0 bridgehead atoms. The van der Waals surface area contributed by atoms with Gasteiger partial charge in [-0.15, -0.1) is 0 Å². The van der Waals surface area contributed by atoms with Crippen molar-refractivity contribution in [2.45, 2.75) is 26.7 Å². The molecular formula is C13H17ClO2. The third-order valence-electron chi connectivity index (χ3n) is 2.99. The van der Waals surface area contributed by atoms with Gasteiger partial charge < -0.3 is 5.11 Å². The van der Waals surface area contributed by atoms with Crippen molar-refractivity contribution in [3.05, 3.63) is 34.9 Å². The van der Waals surface area contributed by atoms with Crippen LogP contribution < -0.4 is 0 Å². The van der Waals surface area contributed by atoms with Crippen LogP contribution in [-0.2, 0) is 11.2 Å². The molecule has 0 saturated heterocycles. The Hall–Kier alpha value is -1.02. The normalized spacial score (nSPS) is 14.4. The van der Waals surface area contributed by atoms with Crippen LogP contribution in [0.25, 0.3) is 0 Å². The van der Waals surface area contributed by atoms with Gasteiger partial charge in [0.2, 0.25) is 0 Å². The molecule has 2 atom stereocenters. The smallest absolute Gasteiger partial charge is 0.307 e. The van der Waals surface area contributed by atoms with Crippen LogP contribution in [-0.4, -0.2) is 11.1 Å². The number of aliphatic carboxylic acids is 1. The van der Waals surface area contributed by atoms with E-state index in [-0.39, 0.29) is 11.8 Å². The summed E-state index contributed by atoms with van der Waals surface area (Å²) in [5.74, 6) is -0.880. The first-order chi connectivity index (χ1) is 7.54. The van der Waals surface area contributed by atoms with Gasteiger partial charge in [-0.05, 0) is 30.0 Å². The molecule has 1 N–H and O–H groups in total. The van der Waals surface area contributed by atoms with E-state index in [1.807, 2.05) is 32.0 Å². The van der Waals surface area contributed by atoms with Crippen LogP contribution in [0.3, 0.4) is 0 Å². The van der Waals surface area contributed by atoms with Crippen molar-refractivity contribution in [3.8, 4) is 0 Å². The van der Waals surface area contributed by atoms with Crippen LogP contribution >= 0.6 is 11.6 Å². The zero-order chi connectivity index (χ0) is 12.1. The number of carboxylic acids is 1. The van der Waals surface area contributed by atoms with E-state index in [2.05, 4.69) is 0 Å². The minimum Gasteiger partial charge on any atom is -0.481 e. The van der Waals surface area contributed by atoms with E-state index in [0.29, 0.717) is 11.4 Å². The fourth-order valence-electron chi connectivity index (χ4n) is 1.73. The molecule has 0 aliphatic heterocycles. The quantitative estimate of drug-likeness (QED) is 0.853. The lowest BCUT2D eigenvalue weighted by atomic mass is 9.86. The van der Waals surface area contributed by atoms with Gasteiger partial charge in [-0.2, -0.15) is 0 Å². The summed E-state index contributed by atoms with van der Waals surface area (Å²) in [5.41, 5.74) is 0.986. The van der Waals surface area contributed by atoms with Gasteiger partial charge in [-0.1, -0.05) is 44.0 Å². The number of carboxylic acid groups (broad SMARTS) is 1. The predicted octanol–water partition coefficient (Wildman–Crippen LogP) is 3.63. The topological polar surface area (TPSA) is 37.3 Å². The summed E-state index contributed by atoms with van der Waals surface area (Å²) in [6.45, 7) is 3.99. The zero-order valence-electron chi connectivity index (χ0n) is 9.61. The number of benzene rings is 1. The van der Waals surface area contributed by atoms with E-state index in [1.165, 1.54) is 0 Å². The van der Waals surface area contributed by atoms with Crippen LogP contribution in [0.15, 0.2) is 24.3 Å². The van der Waals surface area contributed by atoms with Gasteiger partial charge in [-0.3, -0.25) is 4.79 Å². The maximum Gasteiger partial charge on any atom is 0.307 e. The molecule has 0 spiro atoms. The average Bonchev–Trinajstić information content (AvgIpc) is 2.24. The summed E-state index contributed by atoms with van der Waals surface area (Å²) in [4.78, 5) is 11.2. The highest BCUT2D eigenvalue weighted by Crippen LogP contribution is 2.22. The minimum absolute atomic E-state index is 0.177. The van der Waals surface area contributed by atoms with E-state index in [9.17, 15) is 9.90 Å². The van der Waals surface area contributed by atoms with E-state index >= 15 is 0 Å². The molecule has 3 heteroatoms. The lowest BCUT2D eigenvalue weighted by Crippen LogP contribution is -2.23. The Morgan fingerprint density at radius 3 is 2.69 bits per heavy atom. The highest BCUT2D eigenvalue weighted by Gasteiger charge is 2.23. The molecule has 0 aromatic heterocycles. The molecule has 0 aliphatic carbocycles. The van der Waals surface area contributed by atoms with Crippen LogP contribution in [0, 0.1) is 11.8 Å². The fraction of sp³-hybridized carbons (Fsp3) is 0.462. The molecule has 0 radical (unpaired) electrons. The summed E-state index contributed by atoms with van der Waals surface area (Å²) >= 11 is 5.87. The molecule has 16 heavy (non-hydrogen) atoms. The minimum atomic E-state index is -0.727. The first kappa shape index (κ1) is 13.0. The van der Waals surface area contributed by atoms with Crippen molar-refractivity contribution in [2.24, 2.45) is 11.8 Å². The van der Waals surface area contributed by atoms with E-state index in [1.54, 1.807) is 6.07 Å². The summed E-state index contributed by atoms with van der Waals surface area (Å²) in [6, 6.07) is 7.40. The Morgan fingerprint density at radius 1 is 1.50 bits per heavy atom. The molecule has 2 nitrogen and oxygen atoms in total. The molecule has 0 fully saturated rings. The second kappa shape index (κ2) is 5.90. The van der Waals surface area contributed by atoms with Crippen molar-refractivity contribution < 1.29 is 9.90 Å². The standard InChI is InChI=1S/C13H17ClO2/c1-3-9(2)12(13(15)16)8-10-5-4-6-11(14)7-10/h4-7,9,12H,3,8H2,1-2H3,(H,15,16). The van der Waals surface area contributed by atoms with Gasteiger partial charge >= 0.3 is 5.97 Å². The van der Waals surface area contributed by atoms with Gasteiger partial charge in [0.1, 0.15) is 0 Å². The highest BCUT2D eigenvalue weighted by molar-refractivity contribution is 6.30. The molecule has 0 aliphatic rings. The average molecular weight is 241 g/mol. The summed E-state index contributed by atoms with van der Waals surface area (Å²) in [5, 5.41) is 9.83. The molecule has 0 heterocycles. The van der Waals surface area contributed by atoms with E-state index in [4.69, 9.17) is 11.6 Å². The Labute approximate surface area is 101 Å². The molecule has 1 aromatic rings. The number of carbonyl (C=O) groups is 1. The monoisotopic (exact) mass is 240 g/mol. The Balaban J connectivity index is 2.79. The largest absolute Gasteiger partial charge is 0.481 e. The highest BCUT2D eigenvalue weighted by atomic mass is 35.5. The first-order valence-corrected chi connectivity index (χ1v) is 5.89. The van der Waals surface area contributed by atoms with Crippen LogP contribution in [0.4, 0.5) is 0 Å². The first-order valence-electron chi connectivity index (χ1n) is 5.51. The molecule has 2 unspecified atom stereocenters. The third-order valence-corrected chi connectivity index (χ3v) is 3.23. The SMILES string of the molecule is CCC(C)C(Cc1cccc(Cl)c1)C(=O)O. The predicted molar refractivity (Wildman–Crippen MR) is 65.7 cm³/mol. The Morgan fingerprint density at radius 2 is 2.19 bits per heavy atom. The van der Waals surface area contributed by atoms with Gasteiger partial charge in [0.25, 0.3) is 0 Å². The second-order valence-electron chi connectivity index (χ2n) is 4.16. The Kier molecular flexibility index (Phi) is 4.81. The molecule has 1 rings (SSSR count). The summed E-state index contributed by atoms with van der Waals surface area (Å²) in [7, 11) is 0. The van der Waals surface area contributed by atoms with Gasteiger partial charge in [0.15, 0.2) is 0 Å². The van der Waals surface area contributed by atoms with Crippen LogP contribution in [0.1, 0.15) is 25.8 Å². The van der Waals surface area contributed by atoms with Crippen molar-refractivity contribution in [2.75, 3.05) is 0 Å². The summed E-state index contributed by atoms with van der Waals surface area (Å²) in [6.07, 6.45) is 1.42. The number of rotatable bonds is 5. The Bertz CT molecular complexity index is 363. The van der Waals surface area contributed by atoms with Crippen molar-refractivity contribution in [1.29, 1.82) is 0 Å². The van der Waals surface area contributed by atoms with Gasteiger partial charge in [-0.25, -0.2) is 0 Å². The van der Waals surface area contributed by atoms with Gasteiger partial charge in [0.05, 0.1) is 5.92 Å². The second-order valence-corrected chi connectivity index (χ2v) is 4.60. The lowest BCUT2D eigenvalue weighted by molar-refractivity contribution is -0.143. The number of halogens is 1. The molecular weight excluding hydrogens is 224 g/mol. The lowest BCUT2D eigenvalue weighted by Gasteiger charge is -2.18. The van der Waals surface area contributed by atoms with Crippen molar-refractivity contribution in [1.82, 2.24) is 0 Å². The van der Waals surface area contributed by atoms with Crippen LogP contribution in [0.2, 0.25) is 5.02 Å². The van der Waals surface area contributed by atoms with Crippen molar-refractivity contribution in [3.63, 3.8) is 0 Å². The number of hydrogen-bond donors (Lipinski definition) is 1. The van der Waals surface area contributed by atoms with Crippen molar-refractivity contribution >= 4 is 17.6 Å².